The van der Waals surface area contributed by atoms with Crippen molar-refractivity contribution in [2.45, 2.75) is 12.8 Å². The second kappa shape index (κ2) is 8.31. The van der Waals surface area contributed by atoms with Crippen LogP contribution in [-0.2, 0) is 14.8 Å². The lowest BCUT2D eigenvalue weighted by Gasteiger charge is -2.22. The molecule has 0 aliphatic rings. The van der Waals surface area contributed by atoms with Crippen LogP contribution in [0.3, 0.4) is 0 Å². The summed E-state index contributed by atoms with van der Waals surface area (Å²) in [5.41, 5.74) is 0.534. The summed E-state index contributed by atoms with van der Waals surface area (Å²) in [6.45, 7) is 0.115. The zero-order valence-electron chi connectivity index (χ0n) is 13.6. The smallest absolute Gasteiger partial charge is 0.232 e. The van der Waals surface area contributed by atoms with Crippen molar-refractivity contribution in [3.63, 3.8) is 0 Å². The van der Waals surface area contributed by atoms with Crippen molar-refractivity contribution < 1.29 is 17.6 Å². The van der Waals surface area contributed by atoms with E-state index in [0.717, 1.165) is 6.26 Å². The van der Waals surface area contributed by atoms with E-state index in [2.05, 4.69) is 5.32 Å². The van der Waals surface area contributed by atoms with Crippen molar-refractivity contribution in [2.75, 3.05) is 22.4 Å². The number of hydrogen-bond donors (Lipinski definition) is 1. The number of amides is 1. The van der Waals surface area contributed by atoms with Crippen LogP contribution in [0, 0.1) is 5.82 Å². The predicted molar refractivity (Wildman–Crippen MR) is 97.9 cm³/mol. The quantitative estimate of drug-likeness (QED) is 0.792. The molecule has 0 atom stereocenters. The molecule has 0 bridgehead atoms. The summed E-state index contributed by atoms with van der Waals surface area (Å²) in [4.78, 5) is 11.9. The van der Waals surface area contributed by atoms with E-state index in [1.54, 1.807) is 30.3 Å². The van der Waals surface area contributed by atoms with Crippen molar-refractivity contribution in [2.24, 2.45) is 0 Å². The van der Waals surface area contributed by atoms with Crippen LogP contribution in [0.5, 0.6) is 0 Å². The summed E-state index contributed by atoms with van der Waals surface area (Å²) >= 11 is 5.91. The van der Waals surface area contributed by atoms with Gasteiger partial charge in [0.15, 0.2) is 0 Å². The summed E-state index contributed by atoms with van der Waals surface area (Å²) in [6.07, 6.45) is 1.42. The Morgan fingerprint density at radius 3 is 2.56 bits per heavy atom. The molecule has 0 heterocycles. The van der Waals surface area contributed by atoms with Gasteiger partial charge in [0.1, 0.15) is 5.82 Å². The van der Waals surface area contributed by atoms with E-state index < -0.39 is 15.8 Å². The molecule has 25 heavy (non-hydrogen) atoms. The Hall–Kier alpha value is -2.12. The highest BCUT2D eigenvalue weighted by Gasteiger charge is 2.18. The molecule has 1 amide bonds. The van der Waals surface area contributed by atoms with Gasteiger partial charge in [0.2, 0.25) is 15.9 Å². The van der Waals surface area contributed by atoms with Gasteiger partial charge in [0.25, 0.3) is 0 Å². The standard InChI is InChI=1S/C17H18ClFN2O3S/c1-25(23,24)21(14-7-4-6-13(18)12-14)11-5-10-17(22)20-16-9-3-2-8-15(16)19/h2-4,6-9,12H,5,10-11H2,1H3,(H,20,22). The lowest BCUT2D eigenvalue weighted by Crippen LogP contribution is -2.31. The molecule has 2 aromatic rings. The summed E-state index contributed by atoms with van der Waals surface area (Å²) in [6, 6.07) is 12.3. The Labute approximate surface area is 151 Å². The van der Waals surface area contributed by atoms with E-state index in [4.69, 9.17) is 11.6 Å². The second-order valence-electron chi connectivity index (χ2n) is 5.45. The number of carbonyl (C=O) groups is 1. The van der Waals surface area contributed by atoms with Gasteiger partial charge in [0, 0.05) is 18.0 Å². The number of sulfonamides is 1. The van der Waals surface area contributed by atoms with Crippen molar-refractivity contribution in [1.29, 1.82) is 0 Å². The minimum atomic E-state index is -3.52. The third kappa shape index (κ3) is 5.72. The normalized spacial score (nSPS) is 11.2. The molecule has 8 heteroatoms. The van der Waals surface area contributed by atoms with Crippen molar-refractivity contribution in [1.82, 2.24) is 0 Å². The molecular weight excluding hydrogens is 367 g/mol. The maximum atomic E-state index is 13.5. The zero-order valence-corrected chi connectivity index (χ0v) is 15.1. The van der Waals surface area contributed by atoms with Crippen LogP contribution in [0.4, 0.5) is 15.8 Å². The fourth-order valence-corrected chi connectivity index (χ4v) is 3.42. The lowest BCUT2D eigenvalue weighted by molar-refractivity contribution is -0.116. The predicted octanol–water partition coefficient (Wildman–Crippen LogP) is 3.66. The second-order valence-corrected chi connectivity index (χ2v) is 7.79. The largest absolute Gasteiger partial charge is 0.324 e. The van der Waals surface area contributed by atoms with Crippen LogP contribution >= 0.6 is 11.6 Å². The van der Waals surface area contributed by atoms with Crippen molar-refractivity contribution in [3.8, 4) is 0 Å². The Morgan fingerprint density at radius 1 is 1.20 bits per heavy atom. The first kappa shape index (κ1) is 19.2. The number of anilines is 2. The molecule has 0 radical (unpaired) electrons. The molecule has 2 aromatic carbocycles. The summed E-state index contributed by atoms with van der Waals surface area (Å²) < 4.78 is 38.7. The van der Waals surface area contributed by atoms with Crippen LogP contribution in [0.15, 0.2) is 48.5 Å². The number of rotatable bonds is 7. The summed E-state index contributed by atoms with van der Waals surface area (Å²) in [7, 11) is -3.52. The fourth-order valence-electron chi connectivity index (χ4n) is 2.28. The number of carbonyl (C=O) groups excluding carboxylic acids is 1. The molecule has 5 nitrogen and oxygen atoms in total. The molecule has 0 spiro atoms. The monoisotopic (exact) mass is 384 g/mol. The number of nitrogens with zero attached hydrogens (tertiary/aromatic N) is 1. The van der Waals surface area contributed by atoms with Gasteiger partial charge in [-0.15, -0.1) is 0 Å². The van der Waals surface area contributed by atoms with Crippen LogP contribution in [0.1, 0.15) is 12.8 Å². The van der Waals surface area contributed by atoms with E-state index in [1.807, 2.05) is 0 Å². The molecule has 0 aliphatic carbocycles. The van der Waals surface area contributed by atoms with Gasteiger partial charge >= 0.3 is 0 Å². The first-order valence-electron chi connectivity index (χ1n) is 7.55. The molecule has 0 aliphatic heterocycles. The number of benzene rings is 2. The minimum Gasteiger partial charge on any atom is -0.324 e. The van der Waals surface area contributed by atoms with Gasteiger partial charge in [0.05, 0.1) is 17.6 Å². The fraction of sp³-hybridized carbons (Fsp3) is 0.235. The average molecular weight is 385 g/mol. The lowest BCUT2D eigenvalue weighted by atomic mass is 10.2. The van der Waals surface area contributed by atoms with Gasteiger partial charge in [-0.1, -0.05) is 29.8 Å². The highest BCUT2D eigenvalue weighted by molar-refractivity contribution is 7.92. The number of halogens is 2. The Balaban J connectivity index is 1.97. The van der Waals surface area contributed by atoms with Crippen LogP contribution in [0.25, 0.3) is 0 Å². The van der Waals surface area contributed by atoms with Crippen LogP contribution in [-0.4, -0.2) is 27.1 Å². The Kier molecular flexibility index (Phi) is 6.39. The van der Waals surface area contributed by atoms with Gasteiger partial charge in [-0.05, 0) is 36.8 Å². The highest BCUT2D eigenvalue weighted by Crippen LogP contribution is 2.22. The van der Waals surface area contributed by atoms with E-state index >= 15 is 0 Å². The molecule has 1 N–H and O–H groups in total. The van der Waals surface area contributed by atoms with E-state index in [9.17, 15) is 17.6 Å². The molecule has 0 aromatic heterocycles. The molecule has 0 unspecified atom stereocenters. The van der Waals surface area contributed by atoms with E-state index in [-0.39, 0.29) is 31.0 Å². The third-order valence-electron chi connectivity index (χ3n) is 3.41. The SMILES string of the molecule is CS(=O)(=O)N(CCCC(=O)Nc1ccccc1F)c1cccc(Cl)c1. The van der Waals surface area contributed by atoms with Gasteiger partial charge in [-0.25, -0.2) is 12.8 Å². The summed E-state index contributed by atoms with van der Waals surface area (Å²) in [5, 5.41) is 2.89. The van der Waals surface area contributed by atoms with Crippen molar-refractivity contribution in [3.05, 3.63) is 59.4 Å². The molecule has 134 valence electrons. The van der Waals surface area contributed by atoms with Crippen LogP contribution < -0.4 is 9.62 Å². The molecule has 0 saturated carbocycles. The van der Waals surface area contributed by atoms with Crippen LogP contribution in [0.2, 0.25) is 5.02 Å². The topological polar surface area (TPSA) is 66.5 Å². The van der Waals surface area contributed by atoms with Crippen molar-refractivity contribution >= 4 is 38.9 Å². The highest BCUT2D eigenvalue weighted by atomic mass is 35.5. The molecule has 0 fully saturated rings. The van der Waals surface area contributed by atoms with E-state index in [0.29, 0.717) is 10.7 Å². The maximum absolute atomic E-state index is 13.5. The van der Waals surface area contributed by atoms with Gasteiger partial charge < -0.3 is 5.32 Å². The average Bonchev–Trinajstić information content (AvgIpc) is 2.52. The molecule has 2 rings (SSSR count). The first-order chi connectivity index (χ1) is 11.8. The molecule has 0 saturated heterocycles. The Morgan fingerprint density at radius 2 is 1.92 bits per heavy atom. The van der Waals surface area contributed by atoms with Gasteiger partial charge in [-0.2, -0.15) is 0 Å². The third-order valence-corrected chi connectivity index (χ3v) is 4.84. The Bertz CT molecular complexity index is 858. The zero-order chi connectivity index (χ0) is 18.4. The minimum absolute atomic E-state index is 0.0565. The maximum Gasteiger partial charge on any atom is 0.232 e. The number of hydrogen-bond acceptors (Lipinski definition) is 3. The number of para-hydroxylation sites is 1. The summed E-state index contributed by atoms with van der Waals surface area (Å²) in [5.74, 6) is -0.905. The van der Waals surface area contributed by atoms with E-state index in [1.165, 1.54) is 22.5 Å². The number of nitrogens with one attached hydrogen (secondary N) is 1. The first-order valence-corrected chi connectivity index (χ1v) is 9.77. The van der Waals surface area contributed by atoms with Gasteiger partial charge in [-0.3, -0.25) is 9.10 Å². The molecular formula is C17H18ClFN2O3S.